The Morgan fingerprint density at radius 2 is 2.14 bits per heavy atom. The van der Waals surface area contributed by atoms with E-state index in [-0.39, 0.29) is 23.9 Å². The van der Waals surface area contributed by atoms with Crippen LogP contribution in [0.25, 0.3) is 0 Å². The second kappa shape index (κ2) is 6.57. The van der Waals surface area contributed by atoms with Gasteiger partial charge in [0.25, 0.3) is 11.8 Å². The lowest BCUT2D eigenvalue weighted by Crippen LogP contribution is -2.58. The maximum absolute atomic E-state index is 13.8. The Labute approximate surface area is 165 Å². The van der Waals surface area contributed by atoms with Crippen molar-refractivity contribution in [3.8, 4) is 0 Å². The molecule has 8 nitrogen and oxygen atoms in total. The third-order valence-electron chi connectivity index (χ3n) is 5.99. The number of carbonyl (C=O) groups excluding carboxylic acids is 2. The maximum Gasteiger partial charge on any atom is 0.276 e. The molecule has 3 fully saturated rings. The van der Waals surface area contributed by atoms with E-state index in [4.69, 9.17) is 4.74 Å². The molecule has 1 aromatic carbocycles. The molecule has 29 heavy (non-hydrogen) atoms. The summed E-state index contributed by atoms with van der Waals surface area (Å²) < 4.78 is 19.5. The summed E-state index contributed by atoms with van der Waals surface area (Å²) in [5, 5.41) is 23.9. The van der Waals surface area contributed by atoms with E-state index >= 15 is 0 Å². The average molecular weight is 401 g/mol. The van der Waals surface area contributed by atoms with Crippen LogP contribution >= 0.6 is 0 Å². The third-order valence-corrected chi connectivity index (χ3v) is 5.99. The van der Waals surface area contributed by atoms with Crippen LogP contribution < -0.4 is 5.32 Å². The highest BCUT2D eigenvalue weighted by atomic mass is 19.1. The minimum Gasteiger partial charge on any atom is -0.507 e. The molecular weight excluding hydrogens is 381 g/mol. The Hall–Kier alpha value is -2.91. The van der Waals surface area contributed by atoms with E-state index < -0.39 is 35.7 Å². The van der Waals surface area contributed by atoms with Crippen molar-refractivity contribution in [3.05, 3.63) is 58.4 Å². The number of rotatable bonds is 3. The quantitative estimate of drug-likeness (QED) is 0.682. The Kier molecular flexibility index (Phi) is 4.11. The van der Waals surface area contributed by atoms with Crippen LogP contribution in [0.5, 0.6) is 0 Å². The fraction of sp³-hybridized carbons (Fsp3) is 0.400. The average Bonchev–Trinajstić information content (AvgIpc) is 3.35. The molecule has 2 amide bonds. The van der Waals surface area contributed by atoms with Gasteiger partial charge < -0.3 is 30.1 Å². The van der Waals surface area contributed by atoms with Gasteiger partial charge in [-0.05, 0) is 18.9 Å². The summed E-state index contributed by atoms with van der Waals surface area (Å²) in [6.45, 7) is 0.774. The summed E-state index contributed by atoms with van der Waals surface area (Å²) in [5.41, 5.74) is 0.821. The topological polar surface area (TPSA) is 102 Å². The van der Waals surface area contributed by atoms with Crippen molar-refractivity contribution in [2.24, 2.45) is 0 Å². The van der Waals surface area contributed by atoms with Crippen LogP contribution in [-0.2, 0) is 20.9 Å². The number of nitrogens with zero attached hydrogens (tertiary/aromatic N) is 2. The van der Waals surface area contributed by atoms with Gasteiger partial charge in [0.15, 0.2) is 12.0 Å². The fourth-order valence-electron chi connectivity index (χ4n) is 4.66. The lowest BCUT2D eigenvalue weighted by Gasteiger charge is -2.44. The lowest BCUT2D eigenvalue weighted by molar-refractivity contribution is -0.143. The second-order valence-corrected chi connectivity index (χ2v) is 7.51. The monoisotopic (exact) mass is 401 g/mol. The van der Waals surface area contributed by atoms with Gasteiger partial charge >= 0.3 is 0 Å². The number of fused-ring (bicyclic) bond motifs is 2. The van der Waals surface area contributed by atoms with Crippen molar-refractivity contribution < 1.29 is 28.9 Å². The van der Waals surface area contributed by atoms with Gasteiger partial charge in [-0.2, -0.15) is 0 Å². The van der Waals surface area contributed by atoms with Crippen molar-refractivity contribution in [1.82, 2.24) is 15.1 Å². The zero-order chi connectivity index (χ0) is 20.3. The molecule has 3 unspecified atom stereocenters. The molecule has 0 radical (unpaired) electrons. The van der Waals surface area contributed by atoms with E-state index in [2.05, 4.69) is 5.32 Å². The summed E-state index contributed by atoms with van der Waals surface area (Å²) in [4.78, 5) is 28.9. The second-order valence-electron chi connectivity index (χ2n) is 7.51. The first kappa shape index (κ1) is 18.1. The summed E-state index contributed by atoms with van der Waals surface area (Å²) in [6, 6.07) is 5.86. The van der Waals surface area contributed by atoms with Crippen molar-refractivity contribution in [2.75, 3.05) is 13.2 Å². The van der Waals surface area contributed by atoms with E-state index in [0.29, 0.717) is 37.3 Å². The number of carbonyl (C=O) groups is 2. The number of aliphatic hydroxyl groups is 2. The number of allylic oxidation sites excluding steroid dienone is 1. The fourth-order valence-corrected chi connectivity index (χ4v) is 4.66. The van der Waals surface area contributed by atoms with Gasteiger partial charge in [0, 0.05) is 24.4 Å². The summed E-state index contributed by atoms with van der Waals surface area (Å²) >= 11 is 0. The number of benzene rings is 1. The molecule has 0 aromatic heterocycles. The number of hydrogen-bond acceptors (Lipinski definition) is 6. The minimum atomic E-state index is -1.61. The molecule has 4 aliphatic heterocycles. The maximum atomic E-state index is 13.8. The third kappa shape index (κ3) is 2.57. The molecule has 0 saturated carbocycles. The van der Waals surface area contributed by atoms with Crippen LogP contribution in [0.15, 0.2) is 47.0 Å². The summed E-state index contributed by atoms with van der Waals surface area (Å²) in [5.74, 6) is -2.00. The van der Waals surface area contributed by atoms with Crippen LogP contribution in [0.1, 0.15) is 18.4 Å². The molecule has 0 spiro atoms. The van der Waals surface area contributed by atoms with Crippen molar-refractivity contribution in [3.63, 3.8) is 0 Å². The van der Waals surface area contributed by atoms with Crippen LogP contribution in [-0.4, -0.2) is 63.4 Å². The number of halogens is 1. The van der Waals surface area contributed by atoms with Crippen LogP contribution in [0, 0.1) is 5.82 Å². The molecule has 5 rings (SSSR count). The molecule has 9 heteroatoms. The molecule has 4 aliphatic rings. The highest BCUT2D eigenvalue weighted by molar-refractivity contribution is 6.00. The van der Waals surface area contributed by atoms with Crippen molar-refractivity contribution in [2.45, 2.75) is 37.8 Å². The van der Waals surface area contributed by atoms with E-state index in [1.165, 1.54) is 6.07 Å². The molecule has 0 bridgehead atoms. The van der Waals surface area contributed by atoms with E-state index in [1.807, 2.05) is 0 Å². The van der Waals surface area contributed by atoms with Gasteiger partial charge in [0.2, 0.25) is 0 Å². The van der Waals surface area contributed by atoms with E-state index in [1.54, 1.807) is 28.0 Å². The van der Waals surface area contributed by atoms with E-state index in [9.17, 15) is 24.2 Å². The van der Waals surface area contributed by atoms with Crippen LogP contribution in [0.3, 0.4) is 0 Å². The first-order chi connectivity index (χ1) is 14.0. The van der Waals surface area contributed by atoms with Crippen molar-refractivity contribution >= 4 is 11.8 Å². The van der Waals surface area contributed by atoms with Gasteiger partial charge in [-0.25, -0.2) is 4.39 Å². The highest BCUT2D eigenvalue weighted by Gasteiger charge is 2.55. The first-order valence-corrected chi connectivity index (χ1v) is 9.56. The van der Waals surface area contributed by atoms with Gasteiger partial charge in [-0.1, -0.05) is 18.2 Å². The van der Waals surface area contributed by atoms with Crippen LogP contribution in [0.2, 0.25) is 0 Å². The molecule has 3 atom stereocenters. The first-order valence-electron chi connectivity index (χ1n) is 9.56. The molecule has 4 heterocycles. The minimum absolute atomic E-state index is 0.00987. The predicted octanol–water partition coefficient (Wildman–Crippen LogP) is 0.503. The SMILES string of the molecule is O=C(NCc1ccccc1F)C1=C2CCC3C4OCCN4C(=O)C(=C(O)C1O)N23. The number of nitrogens with one attached hydrogen (secondary N) is 1. The molecule has 3 saturated heterocycles. The number of hydrogen-bond donors (Lipinski definition) is 3. The number of amides is 2. The Balaban J connectivity index is 1.47. The smallest absolute Gasteiger partial charge is 0.276 e. The molecule has 152 valence electrons. The normalized spacial score (nSPS) is 28.1. The standard InChI is InChI=1S/C20H20FN3O5/c21-11-4-2-1-3-10(11)9-22-18(27)14-12-5-6-13-20-23(7-8-29-20)19(28)15(24(12)13)17(26)16(14)25/h1-4,13,16,20,25-26H,5-9H2,(H,22,27). The van der Waals surface area contributed by atoms with Gasteiger partial charge in [0.05, 0.1) is 18.2 Å². The number of aliphatic hydroxyl groups excluding tert-OH is 2. The largest absolute Gasteiger partial charge is 0.507 e. The molecular formula is C20H20FN3O5. The Morgan fingerprint density at radius 1 is 1.34 bits per heavy atom. The molecule has 1 aromatic rings. The van der Waals surface area contributed by atoms with Gasteiger partial charge in [0.1, 0.15) is 17.6 Å². The number of ether oxygens (including phenoxy) is 1. The lowest BCUT2D eigenvalue weighted by atomic mass is 9.96. The van der Waals surface area contributed by atoms with Gasteiger partial charge in [-0.3, -0.25) is 9.59 Å². The summed E-state index contributed by atoms with van der Waals surface area (Å²) in [7, 11) is 0. The number of piperazine rings is 1. The zero-order valence-corrected chi connectivity index (χ0v) is 15.5. The Morgan fingerprint density at radius 3 is 2.93 bits per heavy atom. The van der Waals surface area contributed by atoms with Crippen molar-refractivity contribution in [1.29, 1.82) is 0 Å². The predicted molar refractivity (Wildman–Crippen MR) is 97.2 cm³/mol. The zero-order valence-electron chi connectivity index (χ0n) is 15.5. The molecule has 3 N–H and O–H groups in total. The molecule has 0 aliphatic carbocycles. The summed E-state index contributed by atoms with van der Waals surface area (Å²) in [6.07, 6.45) is -0.964. The van der Waals surface area contributed by atoms with Gasteiger partial charge in [-0.15, -0.1) is 0 Å². The van der Waals surface area contributed by atoms with Crippen LogP contribution in [0.4, 0.5) is 4.39 Å². The highest BCUT2D eigenvalue weighted by Crippen LogP contribution is 2.46. The van der Waals surface area contributed by atoms with E-state index in [0.717, 1.165) is 0 Å². The Bertz CT molecular complexity index is 975.